The minimum absolute atomic E-state index is 0.00779. The number of nitrogens with zero attached hydrogens (tertiary/aromatic N) is 4. The Morgan fingerprint density at radius 3 is 3.04 bits per heavy atom. The molecule has 0 atom stereocenters. The molecule has 0 radical (unpaired) electrons. The average Bonchev–Trinajstić information content (AvgIpc) is 3.17. The van der Waals surface area contributed by atoms with Crippen LogP contribution in [-0.4, -0.2) is 32.3 Å². The van der Waals surface area contributed by atoms with Crippen LogP contribution in [0.1, 0.15) is 39.8 Å². The van der Waals surface area contributed by atoms with Crippen molar-refractivity contribution in [2.24, 2.45) is 5.92 Å². The van der Waals surface area contributed by atoms with Crippen LogP contribution in [-0.2, 0) is 19.4 Å². The van der Waals surface area contributed by atoms with Gasteiger partial charge in [0.05, 0.1) is 16.9 Å². The van der Waals surface area contributed by atoms with Gasteiger partial charge in [0.25, 0.3) is 5.91 Å². The number of carbonyl (C=O) groups is 1. The van der Waals surface area contributed by atoms with Gasteiger partial charge in [-0.15, -0.1) is 22.7 Å². The van der Waals surface area contributed by atoms with Gasteiger partial charge in [-0.25, -0.2) is 15.0 Å². The van der Waals surface area contributed by atoms with Gasteiger partial charge >= 0.3 is 0 Å². The summed E-state index contributed by atoms with van der Waals surface area (Å²) in [5.41, 5.74) is 7.77. The van der Waals surface area contributed by atoms with Crippen molar-refractivity contribution in [2.45, 2.75) is 33.2 Å². The number of amides is 1. The number of anilines is 1. The van der Waals surface area contributed by atoms with Crippen molar-refractivity contribution in [1.82, 2.24) is 19.9 Å². The summed E-state index contributed by atoms with van der Waals surface area (Å²) in [5.74, 6) is 1.07. The first-order valence-corrected chi connectivity index (χ1v) is 9.97. The Hall–Kier alpha value is -2.06. The number of hydrogen-bond donors (Lipinski definition) is 1. The molecule has 0 bridgehead atoms. The minimum atomic E-state index is 0.00779. The lowest BCUT2D eigenvalue weighted by Gasteiger charge is -2.26. The third kappa shape index (κ3) is 3.00. The number of thiazole rings is 1. The van der Waals surface area contributed by atoms with Gasteiger partial charge < -0.3 is 10.6 Å². The van der Waals surface area contributed by atoms with Crippen molar-refractivity contribution in [3.05, 3.63) is 32.8 Å². The zero-order valence-electron chi connectivity index (χ0n) is 14.2. The highest BCUT2D eigenvalue weighted by Gasteiger charge is 2.27. The number of rotatable bonds is 3. The molecule has 0 unspecified atom stereocenters. The second-order valence-corrected chi connectivity index (χ2v) is 8.67. The van der Waals surface area contributed by atoms with Crippen molar-refractivity contribution in [3.8, 4) is 0 Å². The van der Waals surface area contributed by atoms with Gasteiger partial charge in [-0.05, 0) is 17.9 Å². The average molecular weight is 374 g/mol. The lowest BCUT2D eigenvalue weighted by Crippen LogP contribution is -2.35. The van der Waals surface area contributed by atoms with Gasteiger partial charge in [0.2, 0.25) is 0 Å². The maximum absolute atomic E-state index is 12.8. The molecule has 0 fully saturated rings. The summed E-state index contributed by atoms with van der Waals surface area (Å²) in [5, 5.41) is 3.87. The number of fused-ring (bicyclic) bond motifs is 3. The molecule has 2 N–H and O–H groups in total. The largest absolute Gasteiger partial charge is 0.383 e. The predicted molar refractivity (Wildman–Crippen MR) is 101 cm³/mol. The maximum atomic E-state index is 12.8. The lowest BCUT2D eigenvalue weighted by molar-refractivity contribution is 0.0732. The molecule has 6 nitrogen and oxygen atoms in total. The molecule has 4 heterocycles. The van der Waals surface area contributed by atoms with Crippen molar-refractivity contribution in [3.63, 3.8) is 0 Å². The monoisotopic (exact) mass is 373 g/mol. The van der Waals surface area contributed by atoms with E-state index in [9.17, 15) is 4.79 Å². The van der Waals surface area contributed by atoms with Gasteiger partial charge in [0, 0.05) is 23.2 Å². The van der Waals surface area contributed by atoms with E-state index in [1.165, 1.54) is 11.9 Å². The SMILES string of the molecule is CC(C)Cc1nc(C(=O)N2CCc3c(sc4ncnc(N)c34)C2)cs1. The van der Waals surface area contributed by atoms with E-state index in [2.05, 4.69) is 28.8 Å². The van der Waals surface area contributed by atoms with Crippen molar-refractivity contribution in [1.29, 1.82) is 0 Å². The van der Waals surface area contributed by atoms with Crippen molar-refractivity contribution in [2.75, 3.05) is 12.3 Å². The molecule has 130 valence electrons. The van der Waals surface area contributed by atoms with Crippen LogP contribution in [0.15, 0.2) is 11.7 Å². The van der Waals surface area contributed by atoms with E-state index in [1.807, 2.05) is 10.3 Å². The topological polar surface area (TPSA) is 85.0 Å². The molecule has 8 heteroatoms. The van der Waals surface area contributed by atoms with Crippen LogP contribution >= 0.6 is 22.7 Å². The first kappa shape index (κ1) is 16.4. The van der Waals surface area contributed by atoms with Crippen LogP contribution in [0.5, 0.6) is 0 Å². The van der Waals surface area contributed by atoms with Crippen molar-refractivity contribution < 1.29 is 4.79 Å². The van der Waals surface area contributed by atoms with Crippen LogP contribution in [0.2, 0.25) is 0 Å². The first-order chi connectivity index (χ1) is 12.0. The Balaban J connectivity index is 1.58. The number of carbonyl (C=O) groups excluding carboxylic acids is 1. The molecule has 0 saturated carbocycles. The highest BCUT2D eigenvalue weighted by molar-refractivity contribution is 7.19. The molecular weight excluding hydrogens is 354 g/mol. The fourth-order valence-corrected chi connectivity index (χ4v) is 5.33. The smallest absolute Gasteiger partial charge is 0.273 e. The molecule has 1 amide bonds. The van der Waals surface area contributed by atoms with Crippen LogP contribution in [0.4, 0.5) is 5.82 Å². The summed E-state index contributed by atoms with van der Waals surface area (Å²) in [6, 6.07) is 0. The summed E-state index contributed by atoms with van der Waals surface area (Å²) < 4.78 is 0. The molecular formula is C17H19N5OS2. The Morgan fingerprint density at radius 2 is 2.24 bits per heavy atom. The van der Waals surface area contributed by atoms with Crippen LogP contribution in [0.3, 0.4) is 0 Å². The molecule has 0 spiro atoms. The van der Waals surface area contributed by atoms with E-state index in [0.717, 1.165) is 32.9 Å². The molecule has 25 heavy (non-hydrogen) atoms. The number of hydrogen-bond acceptors (Lipinski definition) is 7. The van der Waals surface area contributed by atoms with E-state index in [-0.39, 0.29) is 5.91 Å². The number of nitrogens with two attached hydrogens (primary N) is 1. The Bertz CT molecular complexity index is 946. The summed E-state index contributed by atoms with van der Waals surface area (Å²) in [4.78, 5) is 29.7. The molecule has 3 aromatic heterocycles. The predicted octanol–water partition coefficient (Wildman–Crippen LogP) is 3.13. The molecule has 3 aromatic rings. The van der Waals surface area contributed by atoms with Gasteiger partial charge in [-0.1, -0.05) is 13.8 Å². The van der Waals surface area contributed by atoms with E-state index in [0.29, 0.717) is 30.5 Å². The van der Waals surface area contributed by atoms with Gasteiger partial charge in [0.15, 0.2) is 0 Å². The van der Waals surface area contributed by atoms with Crippen molar-refractivity contribution >= 4 is 44.6 Å². The van der Waals surface area contributed by atoms with Crippen LogP contribution < -0.4 is 5.73 Å². The summed E-state index contributed by atoms with van der Waals surface area (Å²) in [6.07, 6.45) is 3.19. The third-order valence-electron chi connectivity index (χ3n) is 4.31. The van der Waals surface area contributed by atoms with E-state index < -0.39 is 0 Å². The van der Waals surface area contributed by atoms with E-state index >= 15 is 0 Å². The molecule has 1 aliphatic heterocycles. The van der Waals surface area contributed by atoms with Gasteiger partial charge in [-0.3, -0.25) is 4.79 Å². The highest BCUT2D eigenvalue weighted by Crippen LogP contribution is 2.36. The molecule has 1 aliphatic rings. The second kappa shape index (κ2) is 6.34. The quantitative estimate of drug-likeness (QED) is 0.762. The minimum Gasteiger partial charge on any atom is -0.383 e. The Kier molecular flexibility index (Phi) is 4.16. The summed E-state index contributed by atoms with van der Waals surface area (Å²) in [7, 11) is 0. The van der Waals surface area contributed by atoms with Gasteiger partial charge in [0.1, 0.15) is 22.7 Å². The Morgan fingerprint density at radius 1 is 1.40 bits per heavy atom. The molecule has 4 rings (SSSR count). The highest BCUT2D eigenvalue weighted by atomic mass is 32.1. The van der Waals surface area contributed by atoms with Gasteiger partial charge in [-0.2, -0.15) is 0 Å². The fourth-order valence-electron chi connectivity index (χ4n) is 3.14. The molecule has 0 aliphatic carbocycles. The third-order valence-corrected chi connectivity index (χ3v) is 6.30. The number of thiophene rings is 1. The standard InChI is InChI=1S/C17H19N5OS2/c1-9(2)5-13-21-11(7-24-13)17(23)22-4-3-10-12(6-22)25-16-14(10)15(18)19-8-20-16/h7-9H,3-6H2,1-2H3,(H2,18,19,20). The fraction of sp³-hybridized carbons (Fsp3) is 0.412. The maximum Gasteiger partial charge on any atom is 0.273 e. The second-order valence-electron chi connectivity index (χ2n) is 6.64. The summed E-state index contributed by atoms with van der Waals surface area (Å²) in [6.45, 7) is 5.57. The molecule has 0 aromatic carbocycles. The summed E-state index contributed by atoms with van der Waals surface area (Å²) >= 11 is 3.17. The zero-order chi connectivity index (χ0) is 17.6. The lowest BCUT2D eigenvalue weighted by atomic mass is 10.0. The van der Waals surface area contributed by atoms with Crippen LogP contribution in [0, 0.1) is 5.92 Å². The van der Waals surface area contributed by atoms with Crippen LogP contribution in [0.25, 0.3) is 10.2 Å². The van der Waals surface area contributed by atoms with E-state index in [1.54, 1.807) is 22.7 Å². The Labute approximate surface area is 153 Å². The van der Waals surface area contributed by atoms with E-state index in [4.69, 9.17) is 5.73 Å². The first-order valence-electron chi connectivity index (χ1n) is 8.27. The number of nitrogen functional groups attached to an aromatic ring is 1. The molecule has 0 saturated heterocycles. The zero-order valence-corrected chi connectivity index (χ0v) is 15.8. The number of aromatic nitrogens is 3. The normalized spacial score (nSPS) is 14.3.